The van der Waals surface area contributed by atoms with Crippen LogP contribution < -0.4 is 0 Å². The molecule has 0 spiro atoms. The van der Waals surface area contributed by atoms with Crippen LogP contribution in [0.2, 0.25) is 0 Å². The Morgan fingerprint density at radius 2 is 2.00 bits per heavy atom. The molecule has 0 aliphatic heterocycles. The molecule has 0 saturated heterocycles. The second kappa shape index (κ2) is 7.74. The van der Waals surface area contributed by atoms with E-state index in [0.717, 1.165) is 17.0 Å². The highest BCUT2D eigenvalue weighted by Gasteiger charge is 2.16. The van der Waals surface area contributed by atoms with E-state index in [1.165, 1.54) is 18.9 Å². The highest BCUT2D eigenvalue weighted by atomic mass is 32.2. The van der Waals surface area contributed by atoms with Crippen LogP contribution in [-0.2, 0) is 16.1 Å². The molecule has 0 atom stereocenters. The molecule has 122 valence electrons. The number of rotatable bonds is 6. The quantitative estimate of drug-likeness (QED) is 0.507. The van der Waals surface area contributed by atoms with Crippen molar-refractivity contribution in [2.75, 3.05) is 12.9 Å². The van der Waals surface area contributed by atoms with Crippen molar-refractivity contribution in [3.63, 3.8) is 0 Å². The minimum absolute atomic E-state index is 0.191. The van der Waals surface area contributed by atoms with E-state index in [0.29, 0.717) is 11.7 Å². The number of hydrogen-bond acceptors (Lipinski definition) is 6. The summed E-state index contributed by atoms with van der Waals surface area (Å²) in [5.74, 6) is 0.618. The Morgan fingerprint density at radius 1 is 1.17 bits per heavy atom. The zero-order valence-corrected chi connectivity index (χ0v) is 13.9. The van der Waals surface area contributed by atoms with Crippen LogP contribution in [-0.4, -0.2) is 38.6 Å². The molecule has 0 fully saturated rings. The molecule has 0 amide bonds. The van der Waals surface area contributed by atoms with Crippen molar-refractivity contribution in [2.24, 2.45) is 0 Å². The Balaban J connectivity index is 1.94. The first-order valence-corrected chi connectivity index (χ1v) is 8.33. The van der Waals surface area contributed by atoms with E-state index in [9.17, 15) is 4.79 Å². The summed E-state index contributed by atoms with van der Waals surface area (Å²) >= 11 is 1.31. The zero-order valence-electron chi connectivity index (χ0n) is 13.1. The maximum atomic E-state index is 11.4. The maximum absolute atomic E-state index is 11.4. The third-order valence-corrected chi connectivity index (χ3v) is 4.31. The lowest BCUT2D eigenvalue weighted by Crippen LogP contribution is -2.07. The lowest BCUT2D eigenvalue weighted by Gasteiger charge is -2.10. The van der Waals surface area contributed by atoms with Gasteiger partial charge in [0, 0.05) is 18.0 Å². The van der Waals surface area contributed by atoms with Crippen molar-refractivity contribution in [2.45, 2.75) is 11.7 Å². The molecule has 0 unspecified atom stereocenters. The van der Waals surface area contributed by atoms with Gasteiger partial charge >= 0.3 is 5.97 Å². The van der Waals surface area contributed by atoms with Gasteiger partial charge in [-0.15, -0.1) is 10.2 Å². The molecule has 2 heterocycles. The van der Waals surface area contributed by atoms with Crippen molar-refractivity contribution >= 4 is 17.7 Å². The van der Waals surface area contributed by atoms with E-state index in [4.69, 9.17) is 4.74 Å². The van der Waals surface area contributed by atoms with Crippen LogP contribution in [0.5, 0.6) is 0 Å². The molecule has 2 aromatic heterocycles. The van der Waals surface area contributed by atoms with E-state index in [-0.39, 0.29) is 11.7 Å². The van der Waals surface area contributed by atoms with Gasteiger partial charge in [-0.3, -0.25) is 14.3 Å². The molecular weight excluding hydrogens is 324 g/mol. The van der Waals surface area contributed by atoms with Gasteiger partial charge in [0.1, 0.15) is 0 Å². The molecule has 0 radical (unpaired) electrons. The Bertz CT molecular complexity index is 806. The van der Waals surface area contributed by atoms with E-state index in [1.54, 1.807) is 12.4 Å². The fourth-order valence-corrected chi connectivity index (χ4v) is 2.97. The third kappa shape index (κ3) is 3.80. The SMILES string of the molecule is COC(=O)CSc1nnc(-c2cccnc2)n1Cc1ccccc1. The first-order valence-electron chi connectivity index (χ1n) is 7.35. The third-order valence-electron chi connectivity index (χ3n) is 3.37. The molecule has 0 saturated carbocycles. The van der Waals surface area contributed by atoms with Gasteiger partial charge < -0.3 is 4.74 Å². The topological polar surface area (TPSA) is 69.9 Å². The Hall–Kier alpha value is -2.67. The highest BCUT2D eigenvalue weighted by molar-refractivity contribution is 7.99. The van der Waals surface area contributed by atoms with E-state index < -0.39 is 0 Å². The Morgan fingerprint density at radius 3 is 2.71 bits per heavy atom. The predicted molar refractivity (Wildman–Crippen MR) is 91.5 cm³/mol. The largest absolute Gasteiger partial charge is 0.468 e. The maximum Gasteiger partial charge on any atom is 0.316 e. The van der Waals surface area contributed by atoms with Gasteiger partial charge in [-0.05, 0) is 17.7 Å². The summed E-state index contributed by atoms with van der Waals surface area (Å²) in [4.78, 5) is 15.6. The van der Waals surface area contributed by atoms with Crippen LogP contribution in [0.25, 0.3) is 11.4 Å². The summed E-state index contributed by atoms with van der Waals surface area (Å²) in [6, 6.07) is 13.8. The summed E-state index contributed by atoms with van der Waals surface area (Å²) in [5, 5.41) is 9.19. The van der Waals surface area contributed by atoms with Gasteiger partial charge in [0.25, 0.3) is 0 Å². The van der Waals surface area contributed by atoms with Crippen LogP contribution in [0.4, 0.5) is 0 Å². The second-order valence-electron chi connectivity index (χ2n) is 4.98. The van der Waals surface area contributed by atoms with Crippen LogP contribution in [0.15, 0.2) is 60.0 Å². The molecule has 3 rings (SSSR count). The number of hydrogen-bond donors (Lipinski definition) is 0. The number of thioether (sulfide) groups is 1. The van der Waals surface area contributed by atoms with Crippen LogP contribution in [0.3, 0.4) is 0 Å². The van der Waals surface area contributed by atoms with Crippen molar-refractivity contribution in [3.05, 3.63) is 60.4 Å². The fourth-order valence-electron chi connectivity index (χ4n) is 2.19. The Kier molecular flexibility index (Phi) is 5.22. The first kappa shape index (κ1) is 16.2. The number of ether oxygens (including phenoxy) is 1. The van der Waals surface area contributed by atoms with Crippen molar-refractivity contribution in [3.8, 4) is 11.4 Å². The standard InChI is InChI=1S/C17H16N4O2S/c1-23-15(22)12-24-17-20-19-16(14-8-5-9-18-10-14)21(17)11-13-6-3-2-4-7-13/h2-10H,11-12H2,1H3. The highest BCUT2D eigenvalue weighted by Crippen LogP contribution is 2.24. The van der Waals surface area contributed by atoms with Crippen LogP contribution in [0, 0.1) is 0 Å². The minimum Gasteiger partial charge on any atom is -0.468 e. The molecular formula is C17H16N4O2S. The molecule has 0 aliphatic carbocycles. The molecule has 24 heavy (non-hydrogen) atoms. The first-order chi connectivity index (χ1) is 11.8. The van der Waals surface area contributed by atoms with Crippen molar-refractivity contribution < 1.29 is 9.53 Å². The van der Waals surface area contributed by atoms with Gasteiger partial charge in [-0.1, -0.05) is 42.1 Å². The number of pyridine rings is 1. The summed E-state index contributed by atoms with van der Waals surface area (Å²) in [7, 11) is 1.37. The number of benzene rings is 1. The van der Waals surface area contributed by atoms with E-state index in [2.05, 4.69) is 15.2 Å². The molecule has 7 heteroatoms. The monoisotopic (exact) mass is 340 g/mol. The summed E-state index contributed by atoms with van der Waals surface area (Å²) in [6.07, 6.45) is 3.47. The van der Waals surface area contributed by atoms with Gasteiger partial charge in [0.05, 0.1) is 19.4 Å². The molecule has 0 bridgehead atoms. The van der Waals surface area contributed by atoms with Gasteiger partial charge in [-0.2, -0.15) is 0 Å². The molecule has 1 aromatic carbocycles. The Labute approximate surface area is 143 Å². The zero-order chi connectivity index (χ0) is 16.8. The minimum atomic E-state index is -0.294. The number of carbonyl (C=O) groups is 1. The smallest absolute Gasteiger partial charge is 0.316 e. The molecule has 3 aromatic rings. The average Bonchev–Trinajstić information content (AvgIpc) is 3.04. The van der Waals surface area contributed by atoms with E-state index >= 15 is 0 Å². The number of aromatic nitrogens is 4. The summed E-state index contributed by atoms with van der Waals surface area (Å²) in [5.41, 5.74) is 2.01. The average molecular weight is 340 g/mol. The molecule has 0 N–H and O–H groups in total. The lowest BCUT2D eigenvalue weighted by molar-refractivity contribution is -0.137. The number of nitrogens with zero attached hydrogens (tertiary/aromatic N) is 4. The second-order valence-corrected chi connectivity index (χ2v) is 5.93. The van der Waals surface area contributed by atoms with Gasteiger partial charge in [-0.25, -0.2) is 0 Å². The summed E-state index contributed by atoms with van der Waals surface area (Å²) in [6.45, 7) is 0.613. The number of carbonyl (C=O) groups excluding carboxylic acids is 1. The van der Waals surface area contributed by atoms with Gasteiger partial charge in [0.15, 0.2) is 11.0 Å². The number of esters is 1. The van der Waals surface area contributed by atoms with Crippen LogP contribution in [0.1, 0.15) is 5.56 Å². The lowest BCUT2D eigenvalue weighted by atomic mass is 10.2. The molecule has 6 nitrogen and oxygen atoms in total. The van der Waals surface area contributed by atoms with Crippen molar-refractivity contribution in [1.29, 1.82) is 0 Å². The summed E-state index contributed by atoms with van der Waals surface area (Å²) < 4.78 is 6.68. The van der Waals surface area contributed by atoms with Crippen molar-refractivity contribution in [1.82, 2.24) is 19.7 Å². The van der Waals surface area contributed by atoms with Gasteiger partial charge in [0.2, 0.25) is 0 Å². The fraction of sp³-hybridized carbons (Fsp3) is 0.176. The predicted octanol–water partition coefficient (Wildman–Crippen LogP) is 2.65. The number of methoxy groups -OCH3 is 1. The van der Waals surface area contributed by atoms with E-state index in [1.807, 2.05) is 47.0 Å². The molecule has 0 aliphatic rings. The normalized spacial score (nSPS) is 10.5. The van der Waals surface area contributed by atoms with Crippen LogP contribution >= 0.6 is 11.8 Å².